The fourth-order valence-corrected chi connectivity index (χ4v) is 4.70. The minimum absolute atomic E-state index is 0.737. The molecule has 0 amide bonds. The molecule has 102 valence electrons. The average molecular weight is 247 g/mol. The van der Waals surface area contributed by atoms with Gasteiger partial charge in [-0.25, -0.2) is 0 Å². The summed E-state index contributed by atoms with van der Waals surface area (Å²) in [6, 6.07) is 0.737. The molecule has 1 heteroatoms. The predicted molar refractivity (Wildman–Crippen MR) is 77.6 cm³/mol. The third-order valence-electron chi connectivity index (χ3n) is 5.56. The number of fused-ring (bicyclic) bond motifs is 2. The molecule has 3 aliphatic rings. The van der Waals surface area contributed by atoms with Gasteiger partial charge in [0.15, 0.2) is 0 Å². The van der Waals surface area contributed by atoms with Crippen LogP contribution in [0, 0.1) is 17.8 Å². The summed E-state index contributed by atoms with van der Waals surface area (Å²) in [5.74, 6) is 3.10. The van der Waals surface area contributed by atoms with E-state index in [-0.39, 0.29) is 0 Å². The van der Waals surface area contributed by atoms with Crippen LogP contribution in [0.4, 0.5) is 0 Å². The fourth-order valence-electron chi connectivity index (χ4n) is 4.70. The van der Waals surface area contributed by atoms with E-state index in [1.165, 1.54) is 57.9 Å². The van der Waals surface area contributed by atoms with E-state index in [9.17, 15) is 0 Å². The van der Waals surface area contributed by atoms with Crippen molar-refractivity contribution in [2.24, 2.45) is 17.8 Å². The van der Waals surface area contributed by atoms with Crippen LogP contribution in [0.1, 0.15) is 64.7 Å². The van der Waals surface area contributed by atoms with E-state index in [4.69, 9.17) is 0 Å². The summed E-state index contributed by atoms with van der Waals surface area (Å²) in [5.41, 5.74) is 1.77. The van der Waals surface area contributed by atoms with Crippen molar-refractivity contribution >= 4 is 0 Å². The van der Waals surface area contributed by atoms with Gasteiger partial charge in [-0.3, -0.25) is 0 Å². The Morgan fingerprint density at radius 1 is 1.28 bits per heavy atom. The van der Waals surface area contributed by atoms with Crippen molar-refractivity contribution in [2.45, 2.75) is 70.8 Å². The molecule has 0 aromatic rings. The van der Waals surface area contributed by atoms with Crippen LogP contribution in [0.2, 0.25) is 0 Å². The molecule has 1 nitrogen and oxygen atoms in total. The van der Waals surface area contributed by atoms with Crippen LogP contribution in [-0.4, -0.2) is 12.6 Å². The molecule has 18 heavy (non-hydrogen) atoms. The lowest BCUT2D eigenvalue weighted by molar-refractivity contribution is 0.265. The van der Waals surface area contributed by atoms with Crippen molar-refractivity contribution in [3.63, 3.8) is 0 Å². The summed E-state index contributed by atoms with van der Waals surface area (Å²) in [7, 11) is 0. The molecule has 0 aromatic heterocycles. The number of allylic oxidation sites excluding steroid dienone is 1. The molecule has 4 unspecified atom stereocenters. The van der Waals surface area contributed by atoms with Crippen LogP contribution in [0.15, 0.2) is 11.6 Å². The molecule has 2 fully saturated rings. The molecule has 1 N–H and O–H groups in total. The van der Waals surface area contributed by atoms with Gasteiger partial charge in [-0.15, -0.1) is 0 Å². The zero-order valence-electron chi connectivity index (χ0n) is 12.0. The van der Waals surface area contributed by atoms with Crippen LogP contribution >= 0.6 is 0 Å². The van der Waals surface area contributed by atoms with Crippen molar-refractivity contribution in [2.75, 3.05) is 6.54 Å². The molecular formula is C17H29N. The third-order valence-corrected chi connectivity index (χ3v) is 5.56. The van der Waals surface area contributed by atoms with Crippen LogP contribution in [0.3, 0.4) is 0 Å². The van der Waals surface area contributed by atoms with Gasteiger partial charge >= 0.3 is 0 Å². The average Bonchev–Trinajstić information content (AvgIpc) is 3.03. The Bertz CT molecular complexity index is 307. The zero-order valence-corrected chi connectivity index (χ0v) is 12.0. The maximum atomic E-state index is 3.90. The lowest BCUT2D eigenvalue weighted by Gasteiger charge is -2.34. The smallest absolute Gasteiger partial charge is 0.0310 e. The molecule has 0 saturated heterocycles. The maximum absolute atomic E-state index is 3.90. The topological polar surface area (TPSA) is 12.0 Å². The van der Waals surface area contributed by atoms with E-state index in [2.05, 4.69) is 18.3 Å². The van der Waals surface area contributed by atoms with Gasteiger partial charge in [0.2, 0.25) is 0 Å². The highest BCUT2D eigenvalue weighted by Crippen LogP contribution is 2.50. The summed E-state index contributed by atoms with van der Waals surface area (Å²) in [6.07, 6.45) is 15.5. The minimum atomic E-state index is 0.737. The molecule has 2 bridgehead atoms. The summed E-state index contributed by atoms with van der Waals surface area (Å²) in [6.45, 7) is 3.50. The van der Waals surface area contributed by atoms with E-state index in [1.54, 1.807) is 12.0 Å². The summed E-state index contributed by atoms with van der Waals surface area (Å²) in [5, 5.41) is 3.90. The molecular weight excluding hydrogens is 218 g/mol. The summed E-state index contributed by atoms with van der Waals surface area (Å²) < 4.78 is 0. The molecule has 0 heterocycles. The first kappa shape index (κ1) is 12.7. The first-order valence-electron chi connectivity index (χ1n) is 8.30. The Hall–Kier alpha value is -0.300. The van der Waals surface area contributed by atoms with Gasteiger partial charge in [-0.05, 0) is 75.7 Å². The Kier molecular flexibility index (Phi) is 4.08. The van der Waals surface area contributed by atoms with Gasteiger partial charge < -0.3 is 5.32 Å². The lowest BCUT2D eigenvalue weighted by Crippen LogP contribution is -2.41. The summed E-state index contributed by atoms with van der Waals surface area (Å²) >= 11 is 0. The van der Waals surface area contributed by atoms with E-state index < -0.39 is 0 Å². The zero-order chi connectivity index (χ0) is 12.4. The van der Waals surface area contributed by atoms with Gasteiger partial charge in [-0.1, -0.05) is 25.0 Å². The van der Waals surface area contributed by atoms with Gasteiger partial charge in [0.1, 0.15) is 0 Å². The van der Waals surface area contributed by atoms with Crippen molar-refractivity contribution < 1.29 is 0 Å². The Labute approximate surface area is 112 Å². The molecule has 0 aliphatic heterocycles. The van der Waals surface area contributed by atoms with Crippen molar-refractivity contribution in [1.29, 1.82) is 0 Å². The number of nitrogens with one attached hydrogen (secondary N) is 1. The van der Waals surface area contributed by atoms with E-state index in [0.717, 1.165) is 23.8 Å². The Morgan fingerprint density at radius 2 is 2.22 bits per heavy atom. The van der Waals surface area contributed by atoms with Crippen molar-refractivity contribution in [3.05, 3.63) is 11.6 Å². The molecule has 0 aromatic carbocycles. The molecule has 0 spiro atoms. The van der Waals surface area contributed by atoms with E-state index in [0.29, 0.717) is 0 Å². The number of hydrogen-bond donors (Lipinski definition) is 1. The van der Waals surface area contributed by atoms with E-state index in [1.807, 2.05) is 0 Å². The van der Waals surface area contributed by atoms with Crippen molar-refractivity contribution in [1.82, 2.24) is 5.32 Å². The van der Waals surface area contributed by atoms with Gasteiger partial charge in [0, 0.05) is 6.04 Å². The molecule has 4 atom stereocenters. The van der Waals surface area contributed by atoms with Crippen LogP contribution < -0.4 is 5.32 Å². The first-order chi connectivity index (χ1) is 8.88. The summed E-state index contributed by atoms with van der Waals surface area (Å²) in [4.78, 5) is 0. The number of hydrogen-bond acceptors (Lipinski definition) is 1. The number of rotatable bonds is 5. The monoisotopic (exact) mass is 247 g/mol. The second-order valence-corrected chi connectivity index (χ2v) is 6.80. The van der Waals surface area contributed by atoms with Gasteiger partial charge in [0.05, 0.1) is 0 Å². The molecule has 3 aliphatic carbocycles. The van der Waals surface area contributed by atoms with E-state index >= 15 is 0 Å². The normalized spacial score (nSPS) is 36.7. The maximum Gasteiger partial charge on any atom is 0.0310 e. The largest absolute Gasteiger partial charge is 0.310 e. The highest BCUT2D eigenvalue weighted by molar-refractivity contribution is 5.17. The van der Waals surface area contributed by atoms with Crippen LogP contribution in [0.25, 0.3) is 0 Å². The second-order valence-electron chi connectivity index (χ2n) is 6.80. The molecule has 2 saturated carbocycles. The van der Waals surface area contributed by atoms with Gasteiger partial charge in [-0.2, -0.15) is 0 Å². The molecule has 3 rings (SSSR count). The fraction of sp³-hybridized carbons (Fsp3) is 0.882. The van der Waals surface area contributed by atoms with Crippen molar-refractivity contribution in [3.8, 4) is 0 Å². The highest BCUT2D eigenvalue weighted by Gasteiger charge is 2.43. The SMILES string of the molecule is CCCNC(C1=CCCCC1)C1CC2CCC1C2. The quantitative estimate of drug-likeness (QED) is 0.715. The standard InChI is InChI=1S/C17H29N/c1-2-10-18-17(14-6-4-3-5-7-14)16-12-13-8-9-15(16)11-13/h6,13,15-18H,2-5,7-12H2,1H3. The first-order valence-corrected chi connectivity index (χ1v) is 8.30. The Morgan fingerprint density at radius 3 is 2.83 bits per heavy atom. The minimum Gasteiger partial charge on any atom is -0.310 e. The third kappa shape index (κ3) is 2.52. The van der Waals surface area contributed by atoms with Gasteiger partial charge in [0.25, 0.3) is 0 Å². The Balaban J connectivity index is 1.70. The lowest BCUT2D eigenvalue weighted by atomic mass is 9.78. The predicted octanol–water partition coefficient (Wildman–Crippen LogP) is 4.29. The second kappa shape index (κ2) is 5.77. The highest BCUT2D eigenvalue weighted by atomic mass is 14.9. The van der Waals surface area contributed by atoms with Crippen LogP contribution in [0.5, 0.6) is 0 Å². The molecule has 0 radical (unpaired) electrons. The van der Waals surface area contributed by atoms with Crippen LogP contribution in [-0.2, 0) is 0 Å².